The smallest absolute Gasteiger partial charge is 0.338 e. The van der Waals surface area contributed by atoms with Gasteiger partial charge in [0.2, 0.25) is 0 Å². The van der Waals surface area contributed by atoms with Gasteiger partial charge >= 0.3 is 5.97 Å². The number of carbonyl (C=O) groups excluding carboxylic acids is 2. The monoisotopic (exact) mass is 574 g/mol. The van der Waals surface area contributed by atoms with Gasteiger partial charge in [-0.25, -0.2) is 13.2 Å². The number of methoxy groups -OCH3 is 2. The number of ether oxygens (including phenoxy) is 3. The molecule has 10 nitrogen and oxygen atoms in total. The van der Waals surface area contributed by atoms with Crippen LogP contribution in [0.3, 0.4) is 0 Å². The van der Waals surface area contributed by atoms with Gasteiger partial charge in [0.25, 0.3) is 15.9 Å². The Balaban J connectivity index is 1.30. The van der Waals surface area contributed by atoms with Crippen molar-refractivity contribution in [2.24, 2.45) is 0 Å². The van der Waals surface area contributed by atoms with Crippen LogP contribution in [0.4, 0.5) is 11.4 Å². The second-order valence-corrected chi connectivity index (χ2v) is 10.7. The van der Waals surface area contributed by atoms with Crippen LogP contribution in [-0.4, -0.2) is 40.6 Å². The number of hydrogen-bond donors (Lipinski definition) is 2. The lowest BCUT2D eigenvalue weighted by atomic mass is 10.1. The molecule has 1 heterocycles. The molecule has 0 aliphatic carbocycles. The molecule has 1 amide bonds. The van der Waals surface area contributed by atoms with Crippen LogP contribution >= 0.6 is 0 Å². The van der Waals surface area contributed by atoms with E-state index in [-0.39, 0.29) is 16.1 Å². The molecule has 0 saturated carbocycles. The third kappa shape index (κ3) is 5.66. The van der Waals surface area contributed by atoms with Gasteiger partial charge in [-0.1, -0.05) is 36.4 Å². The lowest BCUT2D eigenvalue weighted by molar-refractivity contribution is -0.123. The van der Waals surface area contributed by atoms with Gasteiger partial charge in [0.05, 0.1) is 36.1 Å². The van der Waals surface area contributed by atoms with Crippen molar-refractivity contribution in [3.8, 4) is 11.5 Å². The highest BCUT2D eigenvalue weighted by atomic mass is 32.2. The number of furan rings is 1. The number of esters is 1. The maximum absolute atomic E-state index is 13.0. The maximum atomic E-state index is 13.0. The Hall–Kier alpha value is -5.03. The highest BCUT2D eigenvalue weighted by molar-refractivity contribution is 7.92. The van der Waals surface area contributed by atoms with Gasteiger partial charge < -0.3 is 23.9 Å². The summed E-state index contributed by atoms with van der Waals surface area (Å²) in [6.07, 6.45) is -1.22. The van der Waals surface area contributed by atoms with Crippen molar-refractivity contribution in [3.05, 3.63) is 90.5 Å². The van der Waals surface area contributed by atoms with Crippen LogP contribution in [-0.2, 0) is 19.6 Å². The highest BCUT2D eigenvalue weighted by Gasteiger charge is 2.23. The second kappa shape index (κ2) is 11.2. The van der Waals surface area contributed by atoms with Gasteiger partial charge in [-0.3, -0.25) is 9.52 Å². The van der Waals surface area contributed by atoms with Crippen LogP contribution in [0.15, 0.2) is 94.2 Å². The van der Waals surface area contributed by atoms with E-state index in [4.69, 9.17) is 18.6 Å². The minimum atomic E-state index is -4.06. The lowest BCUT2D eigenvalue weighted by Crippen LogP contribution is -2.30. The molecule has 0 saturated heterocycles. The Kier molecular flexibility index (Phi) is 7.54. The molecule has 0 fully saturated rings. The summed E-state index contributed by atoms with van der Waals surface area (Å²) >= 11 is 0. The number of sulfonamides is 1. The Bertz CT molecular complexity index is 1880. The summed E-state index contributed by atoms with van der Waals surface area (Å²) in [5.74, 6) is -0.755. The van der Waals surface area contributed by atoms with Crippen molar-refractivity contribution in [1.29, 1.82) is 0 Å². The number of fused-ring (bicyclic) bond motifs is 3. The normalized spacial score (nSPS) is 12.1. The maximum Gasteiger partial charge on any atom is 0.338 e. The summed E-state index contributed by atoms with van der Waals surface area (Å²) in [5.41, 5.74) is 1.77. The molecule has 0 aliphatic heterocycles. The SMILES string of the molecule is COc1cc2c(cc1NC(=O)[C@H](C)OC(=O)c1cccc(S(=O)(=O)Nc3ccccc3OC)c1)oc1ccccc12. The van der Waals surface area contributed by atoms with Crippen LogP contribution in [0.5, 0.6) is 11.5 Å². The first-order valence-corrected chi connectivity index (χ1v) is 14.0. The zero-order valence-corrected chi connectivity index (χ0v) is 23.2. The molecule has 0 unspecified atom stereocenters. The number of anilines is 2. The fourth-order valence-corrected chi connectivity index (χ4v) is 5.37. The number of carbonyl (C=O) groups is 2. The van der Waals surface area contributed by atoms with E-state index in [0.717, 1.165) is 10.8 Å². The fraction of sp³-hybridized carbons (Fsp3) is 0.133. The molecular formula is C30H26N2O8S. The van der Waals surface area contributed by atoms with E-state index in [1.54, 1.807) is 36.4 Å². The van der Waals surface area contributed by atoms with Crippen LogP contribution in [0, 0.1) is 0 Å². The summed E-state index contributed by atoms with van der Waals surface area (Å²) in [5, 5.41) is 4.44. The van der Waals surface area contributed by atoms with Crippen molar-refractivity contribution >= 4 is 55.2 Å². The molecule has 0 bridgehead atoms. The number of benzene rings is 4. The summed E-state index contributed by atoms with van der Waals surface area (Å²) in [7, 11) is -1.16. The standard InChI is InChI=1S/C30H26N2O8S/c1-18(29(33)31-24-17-27-22(16-28(24)38-3)21-11-4-6-13-25(21)40-27)39-30(34)19-9-8-10-20(15-19)41(35,36)32-23-12-5-7-14-26(23)37-2/h4-18,32H,1-3H3,(H,31,33)/t18-/m0/s1. The summed E-state index contributed by atoms with van der Waals surface area (Å²) in [6, 6.07) is 22.8. The molecule has 210 valence electrons. The topological polar surface area (TPSA) is 133 Å². The minimum Gasteiger partial charge on any atom is -0.495 e. The molecule has 0 spiro atoms. The zero-order chi connectivity index (χ0) is 29.1. The fourth-order valence-electron chi connectivity index (χ4n) is 4.26. The van der Waals surface area contributed by atoms with Gasteiger partial charge in [-0.15, -0.1) is 0 Å². The average molecular weight is 575 g/mol. The molecule has 2 N–H and O–H groups in total. The first-order chi connectivity index (χ1) is 19.7. The molecule has 5 rings (SSSR count). The number of rotatable bonds is 9. The molecule has 5 aromatic rings. The van der Waals surface area contributed by atoms with E-state index in [2.05, 4.69) is 10.0 Å². The summed E-state index contributed by atoms with van der Waals surface area (Å²) in [6.45, 7) is 1.41. The number of amides is 1. The first kappa shape index (κ1) is 27.5. The number of nitrogens with one attached hydrogen (secondary N) is 2. The molecule has 0 aliphatic rings. The van der Waals surface area contributed by atoms with Gasteiger partial charge in [0.1, 0.15) is 22.7 Å². The molecule has 1 atom stereocenters. The zero-order valence-electron chi connectivity index (χ0n) is 22.3. The van der Waals surface area contributed by atoms with Crippen molar-refractivity contribution in [3.63, 3.8) is 0 Å². The van der Waals surface area contributed by atoms with E-state index >= 15 is 0 Å². The second-order valence-electron chi connectivity index (χ2n) is 9.02. The van der Waals surface area contributed by atoms with E-state index in [0.29, 0.717) is 28.4 Å². The largest absolute Gasteiger partial charge is 0.495 e. The highest BCUT2D eigenvalue weighted by Crippen LogP contribution is 2.36. The Labute approximate surface area is 235 Å². The van der Waals surface area contributed by atoms with Crippen LogP contribution < -0.4 is 19.5 Å². The van der Waals surface area contributed by atoms with Crippen LogP contribution in [0.1, 0.15) is 17.3 Å². The number of para-hydroxylation sites is 3. The van der Waals surface area contributed by atoms with Crippen molar-refractivity contribution in [1.82, 2.24) is 0 Å². The molecule has 41 heavy (non-hydrogen) atoms. The third-order valence-corrected chi connectivity index (χ3v) is 7.70. The molecule has 4 aromatic carbocycles. The summed E-state index contributed by atoms with van der Waals surface area (Å²) < 4.78 is 50.3. The van der Waals surface area contributed by atoms with Crippen molar-refractivity contribution in [2.45, 2.75) is 17.9 Å². The quantitative estimate of drug-likeness (QED) is 0.218. The van der Waals surface area contributed by atoms with Crippen LogP contribution in [0.25, 0.3) is 21.9 Å². The molecule has 0 radical (unpaired) electrons. The minimum absolute atomic E-state index is 0.0474. The Morgan fingerprint density at radius 2 is 1.51 bits per heavy atom. The predicted molar refractivity (Wildman–Crippen MR) is 154 cm³/mol. The van der Waals surface area contributed by atoms with E-state index in [1.807, 2.05) is 24.3 Å². The van der Waals surface area contributed by atoms with Crippen LogP contribution in [0.2, 0.25) is 0 Å². The number of hydrogen-bond acceptors (Lipinski definition) is 8. The van der Waals surface area contributed by atoms with Gasteiger partial charge in [-0.2, -0.15) is 0 Å². The first-order valence-electron chi connectivity index (χ1n) is 12.5. The lowest BCUT2D eigenvalue weighted by Gasteiger charge is -2.16. The molecule has 1 aromatic heterocycles. The Morgan fingerprint density at radius 3 is 2.29 bits per heavy atom. The van der Waals surface area contributed by atoms with Gasteiger partial charge in [-0.05, 0) is 49.4 Å². The average Bonchev–Trinajstić information content (AvgIpc) is 3.34. The molecule has 11 heteroatoms. The predicted octanol–water partition coefficient (Wildman–Crippen LogP) is 5.59. The Morgan fingerprint density at radius 1 is 0.780 bits per heavy atom. The van der Waals surface area contributed by atoms with E-state index in [1.165, 1.54) is 45.4 Å². The third-order valence-electron chi connectivity index (χ3n) is 6.34. The molecular weight excluding hydrogens is 548 g/mol. The van der Waals surface area contributed by atoms with Crippen molar-refractivity contribution < 1.29 is 36.6 Å². The van der Waals surface area contributed by atoms with Crippen molar-refractivity contribution in [2.75, 3.05) is 24.3 Å². The summed E-state index contributed by atoms with van der Waals surface area (Å²) in [4.78, 5) is 25.7. The van der Waals surface area contributed by atoms with Gasteiger partial charge in [0.15, 0.2) is 6.10 Å². The van der Waals surface area contributed by atoms with E-state index < -0.39 is 28.0 Å². The van der Waals surface area contributed by atoms with E-state index in [9.17, 15) is 18.0 Å². The van der Waals surface area contributed by atoms with Gasteiger partial charge in [0, 0.05) is 16.8 Å².